The van der Waals surface area contributed by atoms with Crippen molar-refractivity contribution in [3.05, 3.63) is 34.2 Å². The molecular formula is C12H15N3O4. The first-order valence-corrected chi connectivity index (χ1v) is 5.92. The lowest BCUT2D eigenvalue weighted by atomic mass is 10.2. The number of hydrogen-bond donors (Lipinski definition) is 2. The number of aromatic nitrogens is 1. The second kappa shape index (κ2) is 5.55. The number of methoxy groups -OCH3 is 1. The number of rotatable bonds is 2. The molecule has 0 radical (unpaired) electrons. The number of aromatic amines is 1. The molecule has 1 aliphatic rings. The molecule has 2 N–H and O–H groups in total. The molecule has 1 aliphatic heterocycles. The van der Waals surface area contributed by atoms with Gasteiger partial charge in [-0.25, -0.2) is 4.79 Å². The normalized spacial score (nSPS) is 18.2. The monoisotopic (exact) mass is 265 g/mol. The molecule has 2 heterocycles. The fourth-order valence-electron chi connectivity index (χ4n) is 2.05. The zero-order valence-corrected chi connectivity index (χ0v) is 10.5. The maximum Gasteiger partial charge on any atom is 0.407 e. The van der Waals surface area contributed by atoms with Crippen LogP contribution in [0.1, 0.15) is 16.8 Å². The van der Waals surface area contributed by atoms with Gasteiger partial charge in [0.2, 0.25) is 5.56 Å². The van der Waals surface area contributed by atoms with Crippen molar-refractivity contribution in [3.8, 4) is 0 Å². The van der Waals surface area contributed by atoms with Gasteiger partial charge < -0.3 is 19.9 Å². The lowest BCUT2D eigenvalue weighted by Crippen LogP contribution is -2.38. The highest BCUT2D eigenvalue weighted by molar-refractivity contribution is 5.94. The highest BCUT2D eigenvalue weighted by Crippen LogP contribution is 2.12. The molecule has 0 aromatic carbocycles. The summed E-state index contributed by atoms with van der Waals surface area (Å²) in [6.07, 6.45) is 1.61. The summed E-state index contributed by atoms with van der Waals surface area (Å²) in [7, 11) is 1.30. The average molecular weight is 265 g/mol. The third-order valence-corrected chi connectivity index (χ3v) is 3.00. The first-order valence-electron chi connectivity index (χ1n) is 5.92. The van der Waals surface area contributed by atoms with Crippen LogP contribution < -0.4 is 10.9 Å². The zero-order chi connectivity index (χ0) is 13.8. The summed E-state index contributed by atoms with van der Waals surface area (Å²) in [5, 5.41) is 2.65. The molecule has 7 nitrogen and oxygen atoms in total. The Kier molecular flexibility index (Phi) is 3.84. The van der Waals surface area contributed by atoms with Crippen molar-refractivity contribution in [1.82, 2.24) is 15.2 Å². The summed E-state index contributed by atoms with van der Waals surface area (Å²) in [5.74, 6) is -0.208. The van der Waals surface area contributed by atoms with E-state index in [1.807, 2.05) is 0 Å². The SMILES string of the molecule is COC(=O)NC1CCN(C(=O)c2cc[nH]c(=O)c2)C1. The van der Waals surface area contributed by atoms with E-state index in [1.165, 1.54) is 19.4 Å². The second-order valence-corrected chi connectivity index (χ2v) is 4.31. The maximum absolute atomic E-state index is 12.1. The molecule has 1 atom stereocenters. The molecule has 0 spiro atoms. The van der Waals surface area contributed by atoms with Crippen molar-refractivity contribution in [3.63, 3.8) is 0 Å². The van der Waals surface area contributed by atoms with E-state index < -0.39 is 6.09 Å². The standard InChI is InChI=1S/C12H15N3O4/c1-19-12(18)14-9-3-5-15(7-9)11(17)8-2-4-13-10(16)6-8/h2,4,6,9H,3,5,7H2,1H3,(H,13,16)(H,14,18). The van der Waals surface area contributed by atoms with Crippen molar-refractivity contribution in [2.75, 3.05) is 20.2 Å². The Labute approximate surface area is 109 Å². The van der Waals surface area contributed by atoms with E-state index in [-0.39, 0.29) is 17.5 Å². The van der Waals surface area contributed by atoms with E-state index in [0.29, 0.717) is 25.1 Å². The Balaban J connectivity index is 1.99. The second-order valence-electron chi connectivity index (χ2n) is 4.31. The molecule has 19 heavy (non-hydrogen) atoms. The molecule has 0 saturated carbocycles. The van der Waals surface area contributed by atoms with Crippen molar-refractivity contribution >= 4 is 12.0 Å². The number of carbonyl (C=O) groups excluding carboxylic acids is 2. The summed E-state index contributed by atoms with van der Waals surface area (Å²) >= 11 is 0. The third kappa shape index (κ3) is 3.12. The van der Waals surface area contributed by atoms with Gasteiger partial charge in [0, 0.05) is 30.9 Å². The number of H-pyrrole nitrogens is 1. The molecule has 0 bridgehead atoms. The van der Waals surface area contributed by atoms with E-state index in [4.69, 9.17) is 0 Å². The van der Waals surface area contributed by atoms with Gasteiger partial charge in [0.25, 0.3) is 5.91 Å². The van der Waals surface area contributed by atoms with Gasteiger partial charge >= 0.3 is 6.09 Å². The Morgan fingerprint density at radius 2 is 2.32 bits per heavy atom. The number of amides is 2. The summed E-state index contributed by atoms with van der Waals surface area (Å²) in [4.78, 5) is 38.4. The van der Waals surface area contributed by atoms with Gasteiger partial charge in [0.1, 0.15) is 0 Å². The van der Waals surface area contributed by atoms with Crippen LogP contribution in [0, 0.1) is 0 Å². The minimum Gasteiger partial charge on any atom is -0.453 e. The molecule has 1 fully saturated rings. The van der Waals surface area contributed by atoms with Gasteiger partial charge in [-0.2, -0.15) is 0 Å². The van der Waals surface area contributed by atoms with Crippen LogP contribution in [0.4, 0.5) is 4.79 Å². The predicted octanol–water partition coefficient (Wildman–Crippen LogP) is -0.0546. The van der Waals surface area contributed by atoms with Crippen molar-refractivity contribution in [2.45, 2.75) is 12.5 Å². The van der Waals surface area contributed by atoms with Gasteiger partial charge in [-0.05, 0) is 12.5 Å². The number of ether oxygens (including phenoxy) is 1. The molecule has 1 aromatic rings. The van der Waals surface area contributed by atoms with Crippen LogP contribution in [0.3, 0.4) is 0 Å². The topological polar surface area (TPSA) is 91.5 Å². The summed E-state index contributed by atoms with van der Waals surface area (Å²) < 4.78 is 4.51. The van der Waals surface area contributed by atoms with Crippen LogP contribution >= 0.6 is 0 Å². The number of nitrogens with one attached hydrogen (secondary N) is 2. The van der Waals surface area contributed by atoms with Crippen molar-refractivity contribution in [2.24, 2.45) is 0 Å². The predicted molar refractivity (Wildman–Crippen MR) is 66.9 cm³/mol. The van der Waals surface area contributed by atoms with Gasteiger partial charge in [0.05, 0.1) is 13.2 Å². The minimum absolute atomic E-state index is 0.113. The molecule has 102 valence electrons. The number of pyridine rings is 1. The van der Waals surface area contributed by atoms with Crippen LogP contribution in [-0.4, -0.2) is 48.1 Å². The minimum atomic E-state index is -0.504. The molecular weight excluding hydrogens is 250 g/mol. The van der Waals surface area contributed by atoms with E-state index in [0.717, 1.165) is 0 Å². The summed E-state index contributed by atoms with van der Waals surface area (Å²) in [6, 6.07) is 2.71. The first kappa shape index (κ1) is 13.1. The molecule has 1 aromatic heterocycles. The quantitative estimate of drug-likeness (QED) is 0.784. The Hall–Kier alpha value is -2.31. The van der Waals surface area contributed by atoms with E-state index >= 15 is 0 Å². The molecule has 2 rings (SSSR count). The van der Waals surface area contributed by atoms with Gasteiger partial charge in [-0.15, -0.1) is 0 Å². The summed E-state index contributed by atoms with van der Waals surface area (Å²) in [6.45, 7) is 0.959. The summed E-state index contributed by atoms with van der Waals surface area (Å²) in [5.41, 5.74) is 0.0387. The molecule has 1 saturated heterocycles. The van der Waals surface area contributed by atoms with Crippen molar-refractivity contribution in [1.29, 1.82) is 0 Å². The van der Waals surface area contributed by atoms with Crippen molar-refractivity contribution < 1.29 is 14.3 Å². The molecule has 2 amide bonds. The smallest absolute Gasteiger partial charge is 0.407 e. The van der Waals surface area contributed by atoms with Crippen LogP contribution in [0.25, 0.3) is 0 Å². The maximum atomic E-state index is 12.1. The lowest BCUT2D eigenvalue weighted by molar-refractivity contribution is 0.0788. The highest BCUT2D eigenvalue weighted by atomic mass is 16.5. The van der Waals surface area contributed by atoms with Crippen LogP contribution in [-0.2, 0) is 4.74 Å². The molecule has 1 unspecified atom stereocenters. The van der Waals surface area contributed by atoms with Gasteiger partial charge in [-0.3, -0.25) is 9.59 Å². The zero-order valence-electron chi connectivity index (χ0n) is 10.5. The molecule has 7 heteroatoms. The Morgan fingerprint density at radius 3 is 3.00 bits per heavy atom. The van der Waals surface area contributed by atoms with Gasteiger partial charge in [0.15, 0.2) is 0 Å². The fourth-order valence-corrected chi connectivity index (χ4v) is 2.05. The van der Waals surface area contributed by atoms with E-state index in [2.05, 4.69) is 15.0 Å². The number of likely N-dealkylation sites (tertiary alicyclic amines) is 1. The fraction of sp³-hybridized carbons (Fsp3) is 0.417. The average Bonchev–Trinajstić information content (AvgIpc) is 2.86. The number of carbonyl (C=O) groups is 2. The van der Waals surface area contributed by atoms with E-state index in [9.17, 15) is 14.4 Å². The number of hydrogen-bond acceptors (Lipinski definition) is 4. The largest absolute Gasteiger partial charge is 0.453 e. The first-order chi connectivity index (χ1) is 9.10. The highest BCUT2D eigenvalue weighted by Gasteiger charge is 2.28. The Bertz CT molecular complexity index is 540. The number of alkyl carbamates (subject to hydrolysis) is 1. The third-order valence-electron chi connectivity index (χ3n) is 3.00. The van der Waals surface area contributed by atoms with Crippen LogP contribution in [0.15, 0.2) is 23.1 Å². The van der Waals surface area contributed by atoms with Crippen LogP contribution in [0.2, 0.25) is 0 Å². The number of nitrogens with zero attached hydrogens (tertiary/aromatic N) is 1. The van der Waals surface area contributed by atoms with Crippen LogP contribution in [0.5, 0.6) is 0 Å². The lowest BCUT2D eigenvalue weighted by Gasteiger charge is -2.16. The van der Waals surface area contributed by atoms with Gasteiger partial charge in [-0.1, -0.05) is 0 Å². The van der Waals surface area contributed by atoms with E-state index in [1.54, 1.807) is 11.0 Å². The molecule has 0 aliphatic carbocycles. The Morgan fingerprint density at radius 1 is 1.53 bits per heavy atom.